The van der Waals surface area contributed by atoms with E-state index in [4.69, 9.17) is 0 Å². The second kappa shape index (κ2) is 3.34. The monoisotopic (exact) mass is 209 g/mol. The summed E-state index contributed by atoms with van der Waals surface area (Å²) in [6.45, 7) is 2.60. The van der Waals surface area contributed by atoms with Gasteiger partial charge in [-0.1, -0.05) is 12.1 Å². The fourth-order valence-electron chi connectivity index (χ4n) is 1.39. The van der Waals surface area contributed by atoms with Crippen molar-refractivity contribution in [1.29, 1.82) is 0 Å². The molecule has 2 aromatic heterocycles. The standard InChI is InChI=1S/C8H11N5O2/c1-3-4-13-6-5(10-11-13)7(14)12(2)8(15)9-6/h3-4H2,1-2H3,(H,9,15). The fraction of sp³-hybridized carbons (Fsp3) is 0.500. The van der Waals surface area contributed by atoms with Gasteiger partial charge in [0.25, 0.3) is 5.56 Å². The van der Waals surface area contributed by atoms with Crippen LogP contribution in [0.25, 0.3) is 11.2 Å². The van der Waals surface area contributed by atoms with Crippen LogP contribution in [0.15, 0.2) is 9.59 Å². The van der Waals surface area contributed by atoms with Crippen LogP contribution in [0.3, 0.4) is 0 Å². The Morgan fingerprint density at radius 3 is 2.80 bits per heavy atom. The zero-order chi connectivity index (χ0) is 11.0. The zero-order valence-corrected chi connectivity index (χ0v) is 8.52. The molecule has 0 saturated heterocycles. The van der Waals surface area contributed by atoms with Gasteiger partial charge in [0.1, 0.15) is 0 Å². The molecule has 2 heterocycles. The smallest absolute Gasteiger partial charge is 0.290 e. The lowest BCUT2D eigenvalue weighted by atomic mass is 10.4. The Balaban J connectivity index is 2.83. The van der Waals surface area contributed by atoms with Crippen molar-refractivity contribution in [2.75, 3.05) is 0 Å². The minimum Gasteiger partial charge on any atom is -0.290 e. The van der Waals surface area contributed by atoms with Gasteiger partial charge in [-0.3, -0.25) is 14.3 Å². The Kier molecular flexibility index (Phi) is 2.14. The van der Waals surface area contributed by atoms with Crippen LogP contribution in [0.2, 0.25) is 0 Å². The summed E-state index contributed by atoms with van der Waals surface area (Å²) in [5.41, 5.74) is -0.279. The molecular formula is C8H11N5O2. The third-order valence-electron chi connectivity index (χ3n) is 2.21. The van der Waals surface area contributed by atoms with E-state index in [-0.39, 0.29) is 5.52 Å². The minimum absolute atomic E-state index is 0.200. The second-order valence-electron chi connectivity index (χ2n) is 3.30. The summed E-state index contributed by atoms with van der Waals surface area (Å²) < 4.78 is 2.51. The number of aromatic amines is 1. The van der Waals surface area contributed by atoms with Gasteiger partial charge < -0.3 is 0 Å². The summed E-state index contributed by atoms with van der Waals surface area (Å²) in [5.74, 6) is 0. The van der Waals surface area contributed by atoms with Gasteiger partial charge in [-0.2, -0.15) is 0 Å². The predicted molar refractivity (Wildman–Crippen MR) is 53.7 cm³/mol. The van der Waals surface area contributed by atoms with Crippen LogP contribution in [0.1, 0.15) is 13.3 Å². The van der Waals surface area contributed by atoms with E-state index in [9.17, 15) is 9.59 Å². The van der Waals surface area contributed by atoms with Gasteiger partial charge >= 0.3 is 5.69 Å². The van der Waals surface area contributed by atoms with Crippen molar-refractivity contribution >= 4 is 11.2 Å². The third-order valence-corrected chi connectivity index (χ3v) is 2.21. The molecule has 0 amide bonds. The maximum Gasteiger partial charge on any atom is 0.329 e. The molecule has 0 saturated carbocycles. The number of aromatic nitrogens is 5. The van der Waals surface area contributed by atoms with Gasteiger partial charge in [0.05, 0.1) is 0 Å². The zero-order valence-electron chi connectivity index (χ0n) is 8.52. The number of aryl methyl sites for hydroxylation is 1. The fourth-order valence-corrected chi connectivity index (χ4v) is 1.39. The molecule has 15 heavy (non-hydrogen) atoms. The van der Waals surface area contributed by atoms with Crippen LogP contribution < -0.4 is 11.2 Å². The van der Waals surface area contributed by atoms with Gasteiger partial charge in [-0.05, 0) is 6.42 Å². The number of H-pyrrole nitrogens is 1. The first kappa shape index (κ1) is 9.63. The molecular weight excluding hydrogens is 198 g/mol. The Morgan fingerprint density at radius 1 is 1.40 bits per heavy atom. The van der Waals surface area contributed by atoms with Gasteiger partial charge in [0.2, 0.25) is 0 Å². The van der Waals surface area contributed by atoms with Crippen molar-refractivity contribution < 1.29 is 0 Å². The Morgan fingerprint density at radius 2 is 2.13 bits per heavy atom. The molecule has 7 heteroatoms. The van der Waals surface area contributed by atoms with E-state index in [1.54, 1.807) is 0 Å². The highest BCUT2D eigenvalue weighted by atomic mass is 16.2. The van der Waals surface area contributed by atoms with E-state index >= 15 is 0 Å². The highest BCUT2D eigenvalue weighted by molar-refractivity contribution is 5.67. The van der Waals surface area contributed by atoms with Crippen molar-refractivity contribution in [2.24, 2.45) is 7.05 Å². The molecule has 7 nitrogen and oxygen atoms in total. The van der Waals surface area contributed by atoms with Crippen molar-refractivity contribution in [3.8, 4) is 0 Å². The first-order valence-corrected chi connectivity index (χ1v) is 4.67. The Labute approximate surface area is 84.3 Å². The van der Waals surface area contributed by atoms with Crippen LogP contribution in [0.5, 0.6) is 0 Å². The lowest BCUT2D eigenvalue weighted by Gasteiger charge is -1.98. The highest BCUT2D eigenvalue weighted by Gasteiger charge is 2.10. The van der Waals surface area contributed by atoms with E-state index < -0.39 is 11.2 Å². The van der Waals surface area contributed by atoms with Crippen molar-refractivity contribution in [2.45, 2.75) is 19.9 Å². The van der Waals surface area contributed by atoms with Crippen LogP contribution in [-0.2, 0) is 13.6 Å². The first-order valence-electron chi connectivity index (χ1n) is 4.67. The van der Waals surface area contributed by atoms with Gasteiger partial charge in [0.15, 0.2) is 11.2 Å². The van der Waals surface area contributed by atoms with Crippen LogP contribution in [0, 0.1) is 0 Å². The van der Waals surface area contributed by atoms with Gasteiger partial charge in [0, 0.05) is 13.6 Å². The van der Waals surface area contributed by atoms with Crippen molar-refractivity contribution in [1.82, 2.24) is 24.5 Å². The molecule has 0 unspecified atom stereocenters. The normalized spacial score (nSPS) is 11.1. The summed E-state index contributed by atoms with van der Waals surface area (Å²) >= 11 is 0. The van der Waals surface area contributed by atoms with Crippen molar-refractivity contribution in [3.63, 3.8) is 0 Å². The minimum atomic E-state index is -0.452. The lowest BCUT2D eigenvalue weighted by Crippen LogP contribution is -2.32. The van der Waals surface area contributed by atoms with E-state index in [2.05, 4.69) is 15.3 Å². The number of nitrogens with one attached hydrogen (secondary N) is 1. The van der Waals surface area contributed by atoms with E-state index in [1.165, 1.54) is 11.7 Å². The molecule has 0 aliphatic heterocycles. The third kappa shape index (κ3) is 1.36. The quantitative estimate of drug-likeness (QED) is 0.703. The topological polar surface area (TPSA) is 85.6 Å². The molecule has 0 fully saturated rings. The highest BCUT2D eigenvalue weighted by Crippen LogP contribution is 2.00. The molecule has 0 aromatic carbocycles. The maximum atomic E-state index is 11.6. The number of fused-ring (bicyclic) bond motifs is 1. The molecule has 2 aromatic rings. The van der Waals surface area contributed by atoms with Crippen molar-refractivity contribution in [3.05, 3.63) is 20.8 Å². The molecule has 0 bridgehead atoms. The van der Waals surface area contributed by atoms with Crippen LogP contribution in [-0.4, -0.2) is 24.5 Å². The van der Waals surface area contributed by atoms with E-state index in [1.807, 2.05) is 6.92 Å². The molecule has 1 N–H and O–H groups in total. The number of hydrogen-bond acceptors (Lipinski definition) is 4. The summed E-state index contributed by atoms with van der Waals surface area (Å²) in [4.78, 5) is 25.5. The summed E-state index contributed by atoms with van der Waals surface area (Å²) in [5, 5.41) is 7.56. The molecule has 0 atom stereocenters. The predicted octanol–water partition coefficient (Wildman–Crippen LogP) is -0.772. The summed E-state index contributed by atoms with van der Waals surface area (Å²) in [7, 11) is 1.40. The van der Waals surface area contributed by atoms with E-state index in [0.29, 0.717) is 12.2 Å². The molecule has 0 spiro atoms. The SMILES string of the molecule is CCCn1nnc2c(=O)n(C)c(=O)[nH]c21. The molecule has 0 radical (unpaired) electrons. The molecule has 0 aliphatic rings. The number of hydrogen-bond donors (Lipinski definition) is 1. The molecule has 80 valence electrons. The average Bonchev–Trinajstić information content (AvgIpc) is 2.59. The Hall–Kier alpha value is -1.92. The lowest BCUT2D eigenvalue weighted by molar-refractivity contribution is 0.590. The maximum absolute atomic E-state index is 11.6. The first-order chi connectivity index (χ1) is 7.15. The average molecular weight is 209 g/mol. The van der Waals surface area contributed by atoms with E-state index in [0.717, 1.165) is 11.0 Å². The summed E-state index contributed by atoms with van der Waals surface area (Å²) in [6.07, 6.45) is 0.857. The molecule has 2 rings (SSSR count). The largest absolute Gasteiger partial charge is 0.329 e. The summed E-state index contributed by atoms with van der Waals surface area (Å²) in [6, 6.07) is 0. The Bertz CT molecular complexity index is 606. The van der Waals surface area contributed by atoms with Crippen LogP contribution in [0.4, 0.5) is 0 Å². The van der Waals surface area contributed by atoms with Crippen LogP contribution >= 0.6 is 0 Å². The molecule has 0 aliphatic carbocycles. The van der Waals surface area contributed by atoms with Gasteiger partial charge in [-0.15, -0.1) is 5.10 Å². The number of nitrogens with zero attached hydrogens (tertiary/aromatic N) is 4. The second-order valence-corrected chi connectivity index (χ2v) is 3.30. The van der Waals surface area contributed by atoms with Gasteiger partial charge in [-0.25, -0.2) is 9.48 Å². The number of rotatable bonds is 2.